The van der Waals surface area contributed by atoms with Crippen LogP contribution in [0.15, 0.2) is 34.5 Å². The Bertz CT molecular complexity index is 1240. The molecule has 1 fully saturated rings. The molecule has 0 spiro atoms. The molecule has 11 heteroatoms. The summed E-state index contributed by atoms with van der Waals surface area (Å²) in [4.78, 5) is 22.2. The zero-order valence-corrected chi connectivity index (χ0v) is 21.3. The summed E-state index contributed by atoms with van der Waals surface area (Å²) in [6, 6.07) is 8.28. The lowest BCUT2D eigenvalue weighted by Gasteiger charge is -2.29. The number of thiazole rings is 1. The fraction of sp³-hybridized carbons (Fsp3) is 0.429. The standard InChI is InChI=1S/C21H25ClN4O3S3/c1-14-6-4-8-16-19(14)23-21(30-16)25(13-12-24(2)3)20(27)15-7-5-11-26(15)32(28,29)18-10-9-17(22)31-18/h4,6,8-10,15H,5,7,11-13H2,1-3H3. The van der Waals surface area contributed by atoms with Crippen LogP contribution < -0.4 is 4.90 Å². The largest absolute Gasteiger partial charge is 0.308 e. The summed E-state index contributed by atoms with van der Waals surface area (Å²) in [5, 5.41) is 0.601. The molecular formula is C21H25ClN4O3S3. The first-order valence-electron chi connectivity index (χ1n) is 10.3. The molecule has 1 amide bonds. The van der Waals surface area contributed by atoms with Crippen LogP contribution in [-0.2, 0) is 14.8 Å². The van der Waals surface area contributed by atoms with Crippen LogP contribution >= 0.6 is 34.3 Å². The second-order valence-electron chi connectivity index (χ2n) is 8.04. The normalized spacial score (nSPS) is 17.5. The Morgan fingerprint density at radius 1 is 1.22 bits per heavy atom. The number of carbonyl (C=O) groups excluding carboxylic acids is 1. The van der Waals surface area contributed by atoms with Gasteiger partial charge >= 0.3 is 0 Å². The van der Waals surface area contributed by atoms with Gasteiger partial charge in [-0.2, -0.15) is 4.31 Å². The Balaban J connectivity index is 1.68. The fourth-order valence-electron chi connectivity index (χ4n) is 3.80. The van der Waals surface area contributed by atoms with Crippen LogP contribution in [0.5, 0.6) is 0 Å². The molecule has 3 aromatic rings. The van der Waals surface area contributed by atoms with Gasteiger partial charge in [-0.15, -0.1) is 11.3 Å². The van der Waals surface area contributed by atoms with Crippen molar-refractivity contribution in [3.05, 3.63) is 40.2 Å². The third kappa shape index (κ3) is 4.57. The van der Waals surface area contributed by atoms with Gasteiger partial charge in [0, 0.05) is 19.6 Å². The van der Waals surface area contributed by atoms with Crippen LogP contribution in [-0.4, -0.2) is 68.3 Å². The molecule has 1 aliphatic rings. The number of carbonyl (C=O) groups is 1. The highest BCUT2D eigenvalue weighted by Crippen LogP contribution is 2.35. The minimum atomic E-state index is -3.80. The summed E-state index contributed by atoms with van der Waals surface area (Å²) in [5.74, 6) is -0.229. The van der Waals surface area contributed by atoms with E-state index in [0.717, 1.165) is 27.1 Å². The van der Waals surface area contributed by atoms with Crippen molar-refractivity contribution >= 4 is 65.6 Å². The molecule has 1 aromatic carbocycles. The number of hydrogen-bond acceptors (Lipinski definition) is 7. The molecule has 0 bridgehead atoms. The third-order valence-corrected chi connectivity index (χ3v) is 10.1. The molecule has 0 saturated carbocycles. The van der Waals surface area contributed by atoms with Gasteiger partial charge in [-0.3, -0.25) is 9.69 Å². The summed E-state index contributed by atoms with van der Waals surface area (Å²) in [5.41, 5.74) is 1.92. The average Bonchev–Trinajstić information content (AvgIpc) is 3.47. The van der Waals surface area contributed by atoms with E-state index in [1.807, 2.05) is 44.1 Å². The summed E-state index contributed by atoms with van der Waals surface area (Å²) in [7, 11) is 0.0871. The number of thiophene rings is 1. The average molecular weight is 513 g/mol. The molecule has 1 saturated heterocycles. The number of nitrogens with zero attached hydrogens (tertiary/aromatic N) is 4. The smallest absolute Gasteiger partial charge is 0.253 e. The van der Waals surface area contributed by atoms with Crippen molar-refractivity contribution < 1.29 is 13.2 Å². The number of aryl methyl sites for hydroxylation is 1. The first kappa shape index (κ1) is 23.6. The maximum Gasteiger partial charge on any atom is 0.253 e. The zero-order valence-electron chi connectivity index (χ0n) is 18.1. The Kier molecular flexibility index (Phi) is 6.90. The van der Waals surface area contributed by atoms with Gasteiger partial charge in [0.2, 0.25) is 5.91 Å². The molecule has 2 aromatic heterocycles. The van der Waals surface area contributed by atoms with Gasteiger partial charge in [-0.05, 0) is 57.6 Å². The van der Waals surface area contributed by atoms with E-state index in [1.54, 1.807) is 11.0 Å². The molecule has 172 valence electrons. The lowest BCUT2D eigenvalue weighted by Crippen LogP contribution is -2.49. The van der Waals surface area contributed by atoms with E-state index in [0.29, 0.717) is 41.9 Å². The van der Waals surface area contributed by atoms with Crippen molar-refractivity contribution in [2.24, 2.45) is 0 Å². The van der Waals surface area contributed by atoms with Gasteiger partial charge < -0.3 is 4.90 Å². The quantitative estimate of drug-likeness (QED) is 0.477. The van der Waals surface area contributed by atoms with Gasteiger partial charge in [0.05, 0.1) is 14.6 Å². The van der Waals surface area contributed by atoms with E-state index >= 15 is 0 Å². The van der Waals surface area contributed by atoms with Crippen molar-refractivity contribution in [2.75, 3.05) is 38.6 Å². The number of anilines is 1. The predicted octanol–water partition coefficient (Wildman–Crippen LogP) is 4.07. The third-order valence-electron chi connectivity index (χ3n) is 5.48. The second kappa shape index (κ2) is 9.36. The summed E-state index contributed by atoms with van der Waals surface area (Å²) >= 11 is 8.45. The Labute approximate surface area is 201 Å². The number of fused-ring (bicyclic) bond motifs is 1. The maximum atomic E-state index is 13.8. The zero-order chi connectivity index (χ0) is 23.0. The summed E-state index contributed by atoms with van der Waals surface area (Å²) in [6.45, 7) is 3.38. The summed E-state index contributed by atoms with van der Waals surface area (Å²) < 4.78 is 29.4. The fourth-order valence-corrected chi connectivity index (χ4v) is 8.13. The van der Waals surface area contributed by atoms with Crippen LogP contribution in [0.25, 0.3) is 10.2 Å². The van der Waals surface area contributed by atoms with Crippen LogP contribution in [0.2, 0.25) is 4.34 Å². The number of amides is 1. The number of para-hydroxylation sites is 1. The van der Waals surface area contributed by atoms with E-state index in [9.17, 15) is 13.2 Å². The first-order chi connectivity index (χ1) is 15.2. The van der Waals surface area contributed by atoms with E-state index in [4.69, 9.17) is 16.6 Å². The lowest BCUT2D eigenvalue weighted by atomic mass is 10.2. The topological polar surface area (TPSA) is 73.8 Å². The predicted molar refractivity (Wildman–Crippen MR) is 132 cm³/mol. The monoisotopic (exact) mass is 512 g/mol. The highest BCUT2D eigenvalue weighted by atomic mass is 35.5. The van der Waals surface area contributed by atoms with E-state index < -0.39 is 16.1 Å². The van der Waals surface area contributed by atoms with Gasteiger partial charge in [0.1, 0.15) is 10.3 Å². The van der Waals surface area contributed by atoms with Gasteiger partial charge in [0.15, 0.2) is 5.13 Å². The van der Waals surface area contributed by atoms with Crippen molar-refractivity contribution in [1.29, 1.82) is 0 Å². The molecule has 4 rings (SSSR count). The van der Waals surface area contributed by atoms with Gasteiger partial charge in [0.25, 0.3) is 10.0 Å². The number of likely N-dealkylation sites (N-methyl/N-ethyl adjacent to an activating group) is 1. The van der Waals surface area contributed by atoms with Gasteiger partial charge in [-0.25, -0.2) is 13.4 Å². The Hall–Kier alpha value is -1.56. The highest BCUT2D eigenvalue weighted by molar-refractivity contribution is 7.91. The minimum Gasteiger partial charge on any atom is -0.308 e. The number of benzene rings is 1. The van der Waals surface area contributed by atoms with Crippen molar-refractivity contribution in [3.8, 4) is 0 Å². The van der Waals surface area contributed by atoms with E-state index in [1.165, 1.54) is 21.7 Å². The SMILES string of the molecule is Cc1cccc2sc(N(CCN(C)C)C(=O)C3CCCN3S(=O)(=O)c3ccc(Cl)s3)nc12. The first-order valence-corrected chi connectivity index (χ1v) is 13.7. The molecule has 1 aliphatic heterocycles. The Morgan fingerprint density at radius 2 is 2.00 bits per heavy atom. The van der Waals surface area contributed by atoms with Crippen molar-refractivity contribution in [1.82, 2.24) is 14.2 Å². The molecule has 0 radical (unpaired) electrons. The number of sulfonamides is 1. The number of rotatable bonds is 7. The summed E-state index contributed by atoms with van der Waals surface area (Å²) in [6.07, 6.45) is 1.12. The van der Waals surface area contributed by atoms with Crippen LogP contribution in [0.3, 0.4) is 0 Å². The molecule has 1 unspecified atom stereocenters. The number of halogens is 1. The van der Waals surface area contributed by atoms with E-state index in [2.05, 4.69) is 0 Å². The molecule has 7 nitrogen and oxygen atoms in total. The maximum absolute atomic E-state index is 13.8. The van der Waals surface area contributed by atoms with Crippen LogP contribution in [0, 0.1) is 6.92 Å². The number of hydrogen-bond donors (Lipinski definition) is 0. The van der Waals surface area contributed by atoms with Crippen molar-refractivity contribution in [2.45, 2.75) is 30.0 Å². The molecule has 0 aliphatic carbocycles. The molecule has 1 atom stereocenters. The second-order valence-corrected chi connectivity index (χ2v) is 12.9. The minimum absolute atomic E-state index is 0.164. The molecule has 0 N–H and O–H groups in total. The number of aromatic nitrogens is 1. The highest BCUT2D eigenvalue weighted by Gasteiger charge is 2.42. The van der Waals surface area contributed by atoms with E-state index in [-0.39, 0.29) is 10.1 Å². The Morgan fingerprint density at radius 3 is 2.66 bits per heavy atom. The van der Waals surface area contributed by atoms with Crippen LogP contribution in [0.4, 0.5) is 5.13 Å². The van der Waals surface area contributed by atoms with Gasteiger partial charge in [-0.1, -0.05) is 35.1 Å². The molecular weight excluding hydrogens is 488 g/mol. The molecule has 3 heterocycles. The van der Waals surface area contributed by atoms with Crippen molar-refractivity contribution in [3.63, 3.8) is 0 Å². The van der Waals surface area contributed by atoms with Crippen LogP contribution in [0.1, 0.15) is 18.4 Å². The lowest BCUT2D eigenvalue weighted by molar-refractivity contribution is -0.121. The molecule has 32 heavy (non-hydrogen) atoms.